The molecular formula is C56H32. The van der Waals surface area contributed by atoms with Gasteiger partial charge in [0.25, 0.3) is 0 Å². The van der Waals surface area contributed by atoms with Crippen molar-refractivity contribution in [3.63, 3.8) is 0 Å². The van der Waals surface area contributed by atoms with Crippen LogP contribution in [0.3, 0.4) is 0 Å². The first-order valence-electron chi connectivity index (χ1n) is 19.6. The summed E-state index contributed by atoms with van der Waals surface area (Å²) in [7, 11) is 0. The fourth-order valence-electron chi connectivity index (χ4n) is 10.4. The minimum absolute atomic E-state index is 1.23. The van der Waals surface area contributed by atoms with Crippen LogP contribution < -0.4 is 0 Å². The second kappa shape index (κ2) is 11.1. The van der Waals surface area contributed by atoms with E-state index in [1.165, 1.54) is 132 Å². The fraction of sp³-hybridized carbons (Fsp3) is 0. The minimum Gasteiger partial charge on any atom is -0.0622 e. The third-order valence-corrected chi connectivity index (χ3v) is 12.7. The molecule has 0 unspecified atom stereocenters. The van der Waals surface area contributed by atoms with Crippen LogP contribution >= 0.6 is 0 Å². The molecule has 0 spiro atoms. The summed E-state index contributed by atoms with van der Waals surface area (Å²) in [5.74, 6) is 0. The molecule has 256 valence electrons. The zero-order valence-electron chi connectivity index (χ0n) is 30.5. The third-order valence-electron chi connectivity index (χ3n) is 12.7. The van der Waals surface area contributed by atoms with Crippen LogP contribution in [0.25, 0.3) is 133 Å². The summed E-state index contributed by atoms with van der Waals surface area (Å²) in [5.41, 5.74) is 18.0. The lowest BCUT2D eigenvalue weighted by Gasteiger charge is -2.22. The van der Waals surface area contributed by atoms with Crippen molar-refractivity contribution in [3.05, 3.63) is 193 Å². The Kier molecular flexibility index (Phi) is 5.98. The van der Waals surface area contributed by atoms with Gasteiger partial charge in [-0.3, -0.25) is 0 Å². The molecule has 56 heavy (non-hydrogen) atoms. The van der Waals surface area contributed by atoms with E-state index >= 15 is 0 Å². The molecule has 0 heteroatoms. The molecule has 0 bridgehead atoms. The number of rotatable bonds is 4. The van der Waals surface area contributed by atoms with E-state index in [0.717, 1.165) is 0 Å². The Bertz CT molecular complexity index is 3420. The van der Waals surface area contributed by atoms with Crippen molar-refractivity contribution in [2.75, 3.05) is 0 Å². The van der Waals surface area contributed by atoms with Gasteiger partial charge in [-0.2, -0.15) is 0 Å². The van der Waals surface area contributed by atoms with E-state index in [-0.39, 0.29) is 0 Å². The van der Waals surface area contributed by atoms with Crippen molar-refractivity contribution >= 4 is 66.0 Å². The van der Waals surface area contributed by atoms with Crippen LogP contribution in [0.15, 0.2) is 182 Å². The molecule has 11 aromatic rings. The predicted molar refractivity (Wildman–Crippen MR) is 240 cm³/mol. The third kappa shape index (κ3) is 3.93. The van der Waals surface area contributed by atoms with Crippen molar-refractivity contribution in [1.29, 1.82) is 0 Å². The first-order chi connectivity index (χ1) is 27.8. The Morgan fingerprint density at radius 3 is 1.27 bits per heavy atom. The van der Waals surface area contributed by atoms with Crippen molar-refractivity contribution in [1.82, 2.24) is 0 Å². The SMILES string of the molecule is C1=Cc2ccc3c4ccc5c6c(ccc(c7ccc1c2c73)c64)-c1c-5c(-c2ccccc2-c2ccccc2)c2ccccc2c1-c1ccc(-c2ccccc2)cc1. The van der Waals surface area contributed by atoms with Crippen molar-refractivity contribution in [2.45, 2.75) is 0 Å². The topological polar surface area (TPSA) is 0 Å². The maximum absolute atomic E-state index is 2.44. The molecule has 0 nitrogen and oxygen atoms in total. The molecular weight excluding hydrogens is 673 g/mol. The highest BCUT2D eigenvalue weighted by Crippen LogP contribution is 2.60. The summed E-state index contributed by atoms with van der Waals surface area (Å²) in [5, 5.41) is 13.4. The van der Waals surface area contributed by atoms with Crippen molar-refractivity contribution in [2.24, 2.45) is 0 Å². The van der Waals surface area contributed by atoms with Gasteiger partial charge in [0.15, 0.2) is 0 Å². The zero-order valence-corrected chi connectivity index (χ0v) is 30.5. The lowest BCUT2D eigenvalue weighted by Crippen LogP contribution is -1.95. The zero-order chi connectivity index (χ0) is 36.5. The van der Waals surface area contributed by atoms with Gasteiger partial charge in [0, 0.05) is 0 Å². The van der Waals surface area contributed by atoms with Crippen LogP contribution in [0.1, 0.15) is 11.1 Å². The van der Waals surface area contributed by atoms with Crippen LogP contribution in [-0.4, -0.2) is 0 Å². The molecule has 0 atom stereocenters. The van der Waals surface area contributed by atoms with Gasteiger partial charge in [-0.05, 0) is 132 Å². The number of benzene rings is 11. The van der Waals surface area contributed by atoms with E-state index in [9.17, 15) is 0 Å². The molecule has 0 N–H and O–H groups in total. The molecule has 13 rings (SSSR count). The first kappa shape index (κ1) is 30.1. The summed E-state index contributed by atoms with van der Waals surface area (Å²) >= 11 is 0. The lowest BCUT2D eigenvalue weighted by molar-refractivity contribution is 1.58. The summed E-state index contributed by atoms with van der Waals surface area (Å²) in [4.78, 5) is 0. The van der Waals surface area contributed by atoms with Crippen LogP contribution in [0.5, 0.6) is 0 Å². The van der Waals surface area contributed by atoms with Crippen molar-refractivity contribution in [3.8, 4) is 66.8 Å². The first-order valence-corrected chi connectivity index (χ1v) is 19.6. The molecule has 0 heterocycles. The minimum atomic E-state index is 1.23. The Morgan fingerprint density at radius 2 is 0.643 bits per heavy atom. The van der Waals surface area contributed by atoms with Gasteiger partial charge >= 0.3 is 0 Å². The van der Waals surface area contributed by atoms with Gasteiger partial charge in [0.2, 0.25) is 0 Å². The summed E-state index contributed by atoms with van der Waals surface area (Å²) in [6.07, 6.45) is 4.54. The van der Waals surface area contributed by atoms with Crippen molar-refractivity contribution < 1.29 is 0 Å². The van der Waals surface area contributed by atoms with Crippen LogP contribution in [0.4, 0.5) is 0 Å². The predicted octanol–water partition coefficient (Wildman–Crippen LogP) is 15.7. The van der Waals surface area contributed by atoms with Crippen LogP contribution in [0, 0.1) is 0 Å². The normalized spacial score (nSPS) is 12.6. The Morgan fingerprint density at radius 1 is 0.196 bits per heavy atom. The fourth-order valence-corrected chi connectivity index (χ4v) is 10.4. The van der Waals surface area contributed by atoms with E-state index < -0.39 is 0 Å². The Labute approximate surface area is 324 Å². The largest absolute Gasteiger partial charge is 0.0622 e. The van der Waals surface area contributed by atoms with Gasteiger partial charge in [0.1, 0.15) is 0 Å². The monoisotopic (exact) mass is 704 g/mol. The summed E-state index contributed by atoms with van der Waals surface area (Å²) < 4.78 is 0. The molecule has 11 aromatic carbocycles. The maximum Gasteiger partial charge on any atom is -0.000718 e. The highest BCUT2D eigenvalue weighted by molar-refractivity contribution is 6.40. The van der Waals surface area contributed by atoms with Gasteiger partial charge in [-0.1, -0.05) is 194 Å². The molecule has 0 fully saturated rings. The van der Waals surface area contributed by atoms with Crippen LogP contribution in [0.2, 0.25) is 0 Å². The van der Waals surface area contributed by atoms with Gasteiger partial charge in [0.05, 0.1) is 0 Å². The van der Waals surface area contributed by atoms with E-state index in [4.69, 9.17) is 0 Å². The number of fused-ring (bicyclic) bond motifs is 6. The average molecular weight is 705 g/mol. The second-order valence-electron chi connectivity index (χ2n) is 15.5. The van der Waals surface area contributed by atoms with Crippen LogP contribution in [-0.2, 0) is 0 Å². The number of hydrogen-bond donors (Lipinski definition) is 0. The highest BCUT2D eigenvalue weighted by atomic mass is 14.3. The lowest BCUT2D eigenvalue weighted by atomic mass is 9.81. The molecule has 2 aliphatic rings. The van der Waals surface area contributed by atoms with Gasteiger partial charge < -0.3 is 0 Å². The molecule has 0 amide bonds. The quantitative estimate of drug-likeness (QED) is 0.126. The average Bonchev–Trinajstić information content (AvgIpc) is 3.85. The highest BCUT2D eigenvalue weighted by Gasteiger charge is 2.33. The molecule has 0 aromatic heterocycles. The Hall–Kier alpha value is -7.28. The molecule has 0 radical (unpaired) electrons. The Balaban J connectivity index is 1.19. The molecule has 0 saturated carbocycles. The van der Waals surface area contributed by atoms with E-state index in [0.29, 0.717) is 0 Å². The smallest absolute Gasteiger partial charge is 0.000718 e. The maximum atomic E-state index is 2.44. The van der Waals surface area contributed by atoms with E-state index in [1.54, 1.807) is 0 Å². The standard InChI is InChI=1S/C56H32/c1-3-11-33(12-4-1)34-19-21-38(22-20-34)50-41-17-9-10-18-42(41)53(40-16-8-7-15-39(40)35-13-5-2-6-14-35)56-48-32-30-46-44-28-26-37-24-23-36-25-27-43(51(44)49(36)37)45-29-31-47(55(50)56)54(48)52(45)46/h1-32H. The van der Waals surface area contributed by atoms with E-state index in [1.807, 2.05) is 0 Å². The van der Waals surface area contributed by atoms with Gasteiger partial charge in [-0.15, -0.1) is 0 Å². The molecule has 2 aliphatic carbocycles. The second-order valence-corrected chi connectivity index (χ2v) is 15.5. The molecule has 0 saturated heterocycles. The summed E-state index contributed by atoms with van der Waals surface area (Å²) in [6, 6.07) is 68.1. The number of hydrogen-bond acceptors (Lipinski definition) is 0. The molecule has 0 aliphatic heterocycles. The van der Waals surface area contributed by atoms with E-state index in [2.05, 4.69) is 194 Å². The van der Waals surface area contributed by atoms with Gasteiger partial charge in [-0.25, -0.2) is 0 Å². The summed E-state index contributed by atoms with van der Waals surface area (Å²) in [6.45, 7) is 0.